The molecule has 0 aliphatic heterocycles. The van der Waals surface area contributed by atoms with Gasteiger partial charge in [-0.2, -0.15) is 0 Å². The Hall–Kier alpha value is -0.850. The van der Waals surface area contributed by atoms with Crippen LogP contribution >= 0.6 is 0 Å². The second kappa shape index (κ2) is 16.7. The molecule has 32 heavy (non-hydrogen) atoms. The zero-order valence-electron chi connectivity index (χ0n) is 19.9. The summed E-state index contributed by atoms with van der Waals surface area (Å²) in [6.45, 7) is 2.26. The molecule has 0 radical (unpaired) electrons. The van der Waals surface area contributed by atoms with Crippen LogP contribution in [0.1, 0.15) is 89.5 Å². The minimum atomic E-state index is -4.49. The van der Waals surface area contributed by atoms with Gasteiger partial charge >= 0.3 is 29.6 Å². The molecular formula is C26H37NaO4S. The van der Waals surface area contributed by atoms with E-state index in [2.05, 4.69) is 6.92 Å². The molecular weight excluding hydrogens is 431 g/mol. The maximum atomic E-state index is 11.2. The standard InChI is InChI=1S/C26H38O4S.Na/c1-2-3-4-5-6-7-8-9-10-11-12-13-17-23-18-14-15-21-26(23)30-24-19-16-20-25(22-24)31(27,28)29;/h14-16,18-22H,2-13,17H2,1H3,(H,27,28,29);/q;+1/p-1. The molecule has 0 atom stereocenters. The maximum absolute atomic E-state index is 11.2. The van der Waals surface area contributed by atoms with Gasteiger partial charge in [0.2, 0.25) is 0 Å². The summed E-state index contributed by atoms with van der Waals surface area (Å²) >= 11 is 0. The molecule has 0 bridgehead atoms. The number of aryl methyl sites for hydroxylation is 1. The summed E-state index contributed by atoms with van der Waals surface area (Å²) < 4.78 is 39.6. The molecule has 0 unspecified atom stereocenters. The van der Waals surface area contributed by atoms with Crippen LogP contribution in [-0.4, -0.2) is 13.0 Å². The fourth-order valence-electron chi connectivity index (χ4n) is 3.79. The van der Waals surface area contributed by atoms with Crippen LogP contribution in [-0.2, 0) is 16.5 Å². The maximum Gasteiger partial charge on any atom is 1.00 e. The van der Waals surface area contributed by atoms with Crippen LogP contribution in [0, 0.1) is 0 Å². The average Bonchev–Trinajstić information content (AvgIpc) is 2.75. The summed E-state index contributed by atoms with van der Waals surface area (Å²) in [6, 6.07) is 13.6. The Bertz CT molecular complexity index is 868. The van der Waals surface area contributed by atoms with Crippen molar-refractivity contribution >= 4 is 10.1 Å². The van der Waals surface area contributed by atoms with E-state index in [-0.39, 0.29) is 34.5 Å². The summed E-state index contributed by atoms with van der Waals surface area (Å²) in [5.41, 5.74) is 1.10. The van der Waals surface area contributed by atoms with Gasteiger partial charge in [0.25, 0.3) is 0 Å². The van der Waals surface area contributed by atoms with Gasteiger partial charge in [-0.15, -0.1) is 0 Å². The van der Waals surface area contributed by atoms with Crippen LogP contribution in [0.3, 0.4) is 0 Å². The van der Waals surface area contributed by atoms with E-state index in [1.54, 1.807) is 6.07 Å². The Balaban J connectivity index is 0.00000512. The second-order valence-corrected chi connectivity index (χ2v) is 9.66. The average molecular weight is 469 g/mol. The molecule has 2 rings (SSSR count). The molecule has 2 aromatic carbocycles. The van der Waals surface area contributed by atoms with Crippen molar-refractivity contribution in [3.05, 3.63) is 54.1 Å². The number of ether oxygens (including phenoxy) is 1. The number of hydrogen-bond donors (Lipinski definition) is 0. The minimum absolute atomic E-state index is 0. The van der Waals surface area contributed by atoms with Crippen molar-refractivity contribution in [1.29, 1.82) is 0 Å². The van der Waals surface area contributed by atoms with Crippen molar-refractivity contribution in [3.8, 4) is 11.5 Å². The monoisotopic (exact) mass is 468 g/mol. The first kappa shape index (κ1) is 29.2. The van der Waals surface area contributed by atoms with Crippen molar-refractivity contribution in [1.82, 2.24) is 0 Å². The largest absolute Gasteiger partial charge is 1.00 e. The van der Waals surface area contributed by atoms with E-state index in [4.69, 9.17) is 4.74 Å². The van der Waals surface area contributed by atoms with Crippen molar-refractivity contribution in [2.24, 2.45) is 0 Å². The van der Waals surface area contributed by atoms with E-state index in [1.807, 2.05) is 24.3 Å². The van der Waals surface area contributed by atoms with E-state index >= 15 is 0 Å². The minimum Gasteiger partial charge on any atom is -0.744 e. The van der Waals surface area contributed by atoms with Gasteiger partial charge in [0.1, 0.15) is 21.6 Å². The Morgan fingerprint density at radius 3 is 1.91 bits per heavy atom. The Labute approximate surface area is 217 Å². The summed E-state index contributed by atoms with van der Waals surface area (Å²) in [6.07, 6.45) is 16.8. The molecule has 0 aliphatic carbocycles. The van der Waals surface area contributed by atoms with Gasteiger partial charge in [-0.25, -0.2) is 8.42 Å². The van der Waals surface area contributed by atoms with Crippen molar-refractivity contribution in [3.63, 3.8) is 0 Å². The summed E-state index contributed by atoms with van der Waals surface area (Å²) in [5, 5.41) is 0. The summed E-state index contributed by atoms with van der Waals surface area (Å²) in [4.78, 5) is -0.275. The molecule has 2 aromatic rings. The van der Waals surface area contributed by atoms with Crippen LogP contribution in [0.5, 0.6) is 11.5 Å². The van der Waals surface area contributed by atoms with Gasteiger partial charge in [0.05, 0.1) is 4.90 Å². The van der Waals surface area contributed by atoms with Gasteiger partial charge in [-0.1, -0.05) is 102 Å². The third-order valence-electron chi connectivity index (χ3n) is 5.59. The first-order valence-electron chi connectivity index (χ1n) is 11.8. The fourth-order valence-corrected chi connectivity index (χ4v) is 4.29. The van der Waals surface area contributed by atoms with Crippen molar-refractivity contribution < 1.29 is 47.3 Å². The van der Waals surface area contributed by atoms with Gasteiger partial charge in [0.15, 0.2) is 0 Å². The van der Waals surface area contributed by atoms with E-state index in [1.165, 1.54) is 88.8 Å². The molecule has 0 saturated heterocycles. The zero-order valence-corrected chi connectivity index (χ0v) is 22.7. The van der Waals surface area contributed by atoms with Gasteiger partial charge in [-0.3, -0.25) is 0 Å². The molecule has 6 heteroatoms. The van der Waals surface area contributed by atoms with Crippen LogP contribution in [0.15, 0.2) is 53.4 Å². The predicted molar refractivity (Wildman–Crippen MR) is 126 cm³/mol. The second-order valence-electron chi connectivity index (χ2n) is 8.28. The number of benzene rings is 2. The first-order valence-corrected chi connectivity index (χ1v) is 13.2. The van der Waals surface area contributed by atoms with Gasteiger partial charge < -0.3 is 9.29 Å². The Kier molecular flexibility index (Phi) is 15.2. The normalized spacial score (nSPS) is 11.2. The number of hydrogen-bond acceptors (Lipinski definition) is 4. The van der Waals surface area contributed by atoms with Crippen molar-refractivity contribution in [2.45, 2.75) is 95.3 Å². The number of rotatable bonds is 16. The molecule has 0 fully saturated rings. The van der Waals surface area contributed by atoms with Crippen LogP contribution in [0.4, 0.5) is 0 Å². The van der Waals surface area contributed by atoms with Gasteiger partial charge in [-0.05, 0) is 42.7 Å². The molecule has 0 spiro atoms. The fraction of sp³-hybridized carbons (Fsp3) is 0.538. The molecule has 0 aromatic heterocycles. The van der Waals surface area contributed by atoms with Gasteiger partial charge in [0, 0.05) is 0 Å². The van der Waals surface area contributed by atoms with E-state index in [0.29, 0.717) is 11.5 Å². The molecule has 0 N–H and O–H groups in total. The smallest absolute Gasteiger partial charge is 0.744 e. The topological polar surface area (TPSA) is 66.4 Å². The quantitative estimate of drug-likeness (QED) is 0.205. The van der Waals surface area contributed by atoms with E-state index < -0.39 is 10.1 Å². The summed E-state index contributed by atoms with van der Waals surface area (Å²) in [7, 11) is -4.49. The predicted octanol–water partition coefficient (Wildman–Crippen LogP) is 4.63. The molecule has 0 heterocycles. The Morgan fingerprint density at radius 1 is 0.750 bits per heavy atom. The molecule has 0 saturated carbocycles. The third-order valence-corrected chi connectivity index (χ3v) is 6.43. The van der Waals surface area contributed by atoms with Crippen LogP contribution in [0.25, 0.3) is 0 Å². The molecule has 0 amide bonds. The summed E-state index contributed by atoms with van der Waals surface area (Å²) in [5.74, 6) is 1.07. The van der Waals surface area contributed by atoms with Crippen molar-refractivity contribution in [2.75, 3.05) is 0 Å². The van der Waals surface area contributed by atoms with E-state index in [9.17, 15) is 13.0 Å². The third kappa shape index (κ3) is 11.9. The zero-order chi connectivity index (χ0) is 22.4. The number of para-hydroxylation sites is 1. The van der Waals surface area contributed by atoms with Crippen LogP contribution < -0.4 is 34.3 Å². The Morgan fingerprint density at radius 2 is 1.31 bits per heavy atom. The molecule has 172 valence electrons. The molecule has 4 nitrogen and oxygen atoms in total. The van der Waals surface area contributed by atoms with Crippen LogP contribution in [0.2, 0.25) is 0 Å². The van der Waals surface area contributed by atoms with E-state index in [0.717, 1.165) is 18.4 Å². The molecule has 0 aliphatic rings. The SMILES string of the molecule is CCCCCCCCCCCCCCc1ccccc1Oc1cccc(S(=O)(=O)[O-])c1.[Na+]. The number of unbranched alkanes of at least 4 members (excludes halogenated alkanes) is 11. The first-order chi connectivity index (χ1) is 15.0.